The summed E-state index contributed by atoms with van der Waals surface area (Å²) in [5, 5.41) is 1.12. The molecule has 0 aliphatic heterocycles. The first-order valence-electron chi connectivity index (χ1n) is 3.31. The molecule has 0 radical (unpaired) electrons. The summed E-state index contributed by atoms with van der Waals surface area (Å²) in [6.07, 6.45) is 0. The van der Waals surface area contributed by atoms with Crippen LogP contribution in [0.3, 0.4) is 0 Å². The van der Waals surface area contributed by atoms with Crippen LogP contribution in [0, 0.1) is 0 Å². The van der Waals surface area contributed by atoms with Gasteiger partial charge in [0, 0.05) is 20.2 Å². The normalized spacial score (nSPS) is 10.8. The minimum atomic E-state index is 0.757. The van der Waals surface area contributed by atoms with E-state index >= 15 is 0 Å². The van der Waals surface area contributed by atoms with Crippen molar-refractivity contribution in [3.05, 3.63) is 27.0 Å². The van der Waals surface area contributed by atoms with E-state index in [0.29, 0.717) is 0 Å². The zero-order valence-corrected chi connectivity index (χ0v) is 9.13. The molecule has 4 heteroatoms. The fourth-order valence-electron chi connectivity index (χ4n) is 1.09. The van der Waals surface area contributed by atoms with Gasteiger partial charge in [-0.1, -0.05) is 27.5 Å². The molecular weight excluding hydrogens is 258 g/mol. The van der Waals surface area contributed by atoms with Crippen LogP contribution in [-0.2, 0) is 0 Å². The lowest BCUT2D eigenvalue weighted by molar-refractivity contribution is 1.74. The second-order valence-corrected chi connectivity index (χ2v) is 5.03. The third kappa shape index (κ3) is 1.32. The van der Waals surface area contributed by atoms with Crippen LogP contribution in [0.15, 0.2) is 22.7 Å². The van der Waals surface area contributed by atoms with E-state index in [1.54, 1.807) is 0 Å². The number of fused-ring (bicyclic) bond motifs is 1. The molecule has 2 N–H and O–H groups in total. The van der Waals surface area contributed by atoms with E-state index in [1.165, 1.54) is 11.3 Å². The molecule has 0 spiro atoms. The van der Waals surface area contributed by atoms with E-state index in [4.69, 9.17) is 17.3 Å². The maximum atomic E-state index is 5.86. The Labute approximate surface area is 87.3 Å². The van der Waals surface area contributed by atoms with Crippen molar-refractivity contribution >= 4 is 54.6 Å². The molecule has 0 aliphatic rings. The van der Waals surface area contributed by atoms with Gasteiger partial charge in [-0.3, -0.25) is 0 Å². The highest BCUT2D eigenvalue weighted by molar-refractivity contribution is 9.10. The molecule has 2 rings (SSSR count). The van der Waals surface area contributed by atoms with Crippen molar-refractivity contribution in [2.75, 3.05) is 5.73 Å². The SMILES string of the molecule is Nc1cc(Br)c2cc(Cl)sc2c1. The van der Waals surface area contributed by atoms with Crippen molar-refractivity contribution in [1.29, 1.82) is 0 Å². The van der Waals surface area contributed by atoms with Crippen LogP contribution in [0.5, 0.6) is 0 Å². The summed E-state index contributed by atoms with van der Waals surface area (Å²) in [4.78, 5) is 0. The molecule has 0 aliphatic carbocycles. The molecule has 1 aromatic heterocycles. The second-order valence-electron chi connectivity index (χ2n) is 2.47. The zero-order valence-electron chi connectivity index (χ0n) is 5.97. The lowest BCUT2D eigenvalue weighted by atomic mass is 10.2. The molecule has 62 valence electrons. The summed E-state index contributed by atoms with van der Waals surface area (Å²) < 4.78 is 2.91. The van der Waals surface area contributed by atoms with Crippen LogP contribution >= 0.6 is 38.9 Å². The maximum Gasteiger partial charge on any atom is 0.0941 e. The molecule has 0 unspecified atom stereocenters. The molecule has 12 heavy (non-hydrogen) atoms. The summed E-state index contributed by atoms with van der Waals surface area (Å²) in [6.45, 7) is 0. The number of hydrogen-bond donors (Lipinski definition) is 1. The Morgan fingerprint density at radius 3 is 2.83 bits per heavy atom. The minimum Gasteiger partial charge on any atom is -0.399 e. The Balaban J connectivity index is 2.88. The van der Waals surface area contributed by atoms with Gasteiger partial charge in [0.25, 0.3) is 0 Å². The first-order chi connectivity index (χ1) is 5.66. The molecular formula is C8H5BrClNS. The van der Waals surface area contributed by atoms with Crippen LogP contribution in [0.4, 0.5) is 5.69 Å². The number of benzene rings is 1. The highest BCUT2D eigenvalue weighted by atomic mass is 79.9. The Kier molecular flexibility index (Phi) is 2.02. The van der Waals surface area contributed by atoms with Gasteiger partial charge in [-0.25, -0.2) is 0 Å². The molecule has 0 saturated heterocycles. The Bertz CT molecular complexity index is 438. The van der Waals surface area contributed by atoms with E-state index < -0.39 is 0 Å². The van der Waals surface area contributed by atoms with Gasteiger partial charge in [-0.2, -0.15) is 0 Å². The van der Waals surface area contributed by atoms with Gasteiger partial charge in [0.15, 0.2) is 0 Å². The maximum absolute atomic E-state index is 5.86. The zero-order chi connectivity index (χ0) is 8.72. The summed E-state index contributed by atoms with van der Waals surface area (Å²) in [5.41, 5.74) is 6.42. The average molecular weight is 263 g/mol. The lowest BCUT2D eigenvalue weighted by Crippen LogP contribution is -1.82. The number of nitrogens with two attached hydrogens (primary N) is 1. The molecule has 0 saturated carbocycles. The Hall–Kier alpha value is -0.250. The van der Waals surface area contributed by atoms with Crippen molar-refractivity contribution in [3.63, 3.8) is 0 Å². The highest BCUT2D eigenvalue weighted by Crippen LogP contribution is 2.35. The van der Waals surface area contributed by atoms with Crippen LogP contribution in [0.1, 0.15) is 0 Å². The second kappa shape index (κ2) is 2.91. The predicted octanol–water partition coefficient (Wildman–Crippen LogP) is 3.90. The summed E-state index contributed by atoms with van der Waals surface area (Å²) >= 11 is 10.8. The molecule has 1 aromatic carbocycles. The van der Waals surface area contributed by atoms with Gasteiger partial charge in [0.05, 0.1) is 4.34 Å². The van der Waals surface area contributed by atoms with Crippen LogP contribution in [0.2, 0.25) is 4.34 Å². The van der Waals surface area contributed by atoms with Gasteiger partial charge < -0.3 is 5.73 Å². The molecule has 2 aromatic rings. The lowest BCUT2D eigenvalue weighted by Gasteiger charge is -1.95. The van der Waals surface area contributed by atoms with E-state index in [2.05, 4.69) is 15.9 Å². The number of halogens is 2. The number of anilines is 1. The Morgan fingerprint density at radius 2 is 2.08 bits per heavy atom. The highest BCUT2D eigenvalue weighted by Gasteiger charge is 2.03. The van der Waals surface area contributed by atoms with E-state index in [0.717, 1.165) is 24.6 Å². The standard InChI is InChI=1S/C8H5BrClNS/c9-6-1-4(11)2-7-5(6)3-8(10)12-7/h1-3H,11H2. The molecule has 0 fully saturated rings. The quantitative estimate of drug-likeness (QED) is 0.716. The number of hydrogen-bond acceptors (Lipinski definition) is 2. The van der Waals surface area contributed by atoms with Crippen molar-refractivity contribution in [3.8, 4) is 0 Å². The minimum absolute atomic E-state index is 0.757. The van der Waals surface area contributed by atoms with Gasteiger partial charge in [-0.15, -0.1) is 11.3 Å². The van der Waals surface area contributed by atoms with Gasteiger partial charge in [-0.05, 0) is 18.2 Å². The predicted molar refractivity (Wildman–Crippen MR) is 58.9 cm³/mol. The monoisotopic (exact) mass is 261 g/mol. The van der Waals surface area contributed by atoms with E-state index in [-0.39, 0.29) is 0 Å². The van der Waals surface area contributed by atoms with Crippen molar-refractivity contribution in [2.45, 2.75) is 0 Å². The Morgan fingerprint density at radius 1 is 1.33 bits per heavy atom. The third-order valence-electron chi connectivity index (χ3n) is 1.58. The van der Waals surface area contributed by atoms with Crippen LogP contribution in [-0.4, -0.2) is 0 Å². The van der Waals surface area contributed by atoms with Crippen molar-refractivity contribution in [1.82, 2.24) is 0 Å². The smallest absolute Gasteiger partial charge is 0.0941 e. The fourth-order valence-corrected chi connectivity index (χ4v) is 3.03. The van der Waals surface area contributed by atoms with Crippen LogP contribution in [0.25, 0.3) is 10.1 Å². The largest absolute Gasteiger partial charge is 0.399 e. The van der Waals surface area contributed by atoms with Crippen LogP contribution < -0.4 is 5.73 Å². The molecule has 1 heterocycles. The number of rotatable bonds is 0. The molecule has 0 bridgehead atoms. The fraction of sp³-hybridized carbons (Fsp3) is 0. The number of thiophene rings is 1. The number of nitrogen functional groups attached to an aromatic ring is 1. The van der Waals surface area contributed by atoms with Gasteiger partial charge >= 0.3 is 0 Å². The van der Waals surface area contributed by atoms with Gasteiger partial charge in [0.2, 0.25) is 0 Å². The van der Waals surface area contributed by atoms with Gasteiger partial charge in [0.1, 0.15) is 0 Å². The topological polar surface area (TPSA) is 26.0 Å². The first kappa shape index (κ1) is 8.35. The molecule has 1 nitrogen and oxygen atoms in total. The van der Waals surface area contributed by atoms with E-state index in [9.17, 15) is 0 Å². The summed E-state index contributed by atoms with van der Waals surface area (Å²) in [5.74, 6) is 0. The van der Waals surface area contributed by atoms with Crippen molar-refractivity contribution < 1.29 is 0 Å². The summed E-state index contributed by atoms with van der Waals surface area (Å²) in [6, 6.07) is 5.74. The third-order valence-corrected chi connectivity index (χ3v) is 3.45. The van der Waals surface area contributed by atoms with Crippen molar-refractivity contribution in [2.24, 2.45) is 0 Å². The molecule has 0 atom stereocenters. The molecule has 0 amide bonds. The average Bonchev–Trinajstić information content (AvgIpc) is 2.29. The summed E-state index contributed by atoms with van der Waals surface area (Å²) in [7, 11) is 0. The first-order valence-corrected chi connectivity index (χ1v) is 5.29. The van der Waals surface area contributed by atoms with E-state index in [1.807, 2.05) is 18.2 Å².